The Kier molecular flexibility index (Phi) is 2.28. The summed E-state index contributed by atoms with van der Waals surface area (Å²) in [6.45, 7) is 2.31. The Morgan fingerprint density at radius 3 is 2.79 bits per heavy atom. The number of nitrogens with one attached hydrogen (secondary N) is 1. The van der Waals surface area contributed by atoms with E-state index < -0.39 is 10.0 Å². The highest BCUT2D eigenvalue weighted by Crippen LogP contribution is 2.30. The van der Waals surface area contributed by atoms with E-state index in [4.69, 9.17) is 0 Å². The molecule has 14 heavy (non-hydrogen) atoms. The van der Waals surface area contributed by atoms with Crippen molar-refractivity contribution in [3.63, 3.8) is 0 Å². The molecule has 1 aliphatic rings. The van der Waals surface area contributed by atoms with Gasteiger partial charge in [-0.05, 0) is 12.8 Å². The monoisotopic (exact) mass is 216 g/mol. The molecule has 1 aromatic rings. The molecule has 1 aromatic heterocycles. The Labute approximate surface area is 82.4 Å². The van der Waals surface area contributed by atoms with E-state index in [2.05, 4.69) is 15.2 Å². The van der Waals surface area contributed by atoms with Crippen molar-refractivity contribution >= 4 is 10.0 Å². The predicted octanol–water partition coefficient (Wildman–Crippen LogP) is -0.0223. The Morgan fingerprint density at radius 2 is 2.36 bits per heavy atom. The summed E-state index contributed by atoms with van der Waals surface area (Å²) in [5.41, 5.74) is 0. The number of H-pyrrole nitrogens is 1. The van der Waals surface area contributed by atoms with Gasteiger partial charge in [-0.25, -0.2) is 18.5 Å². The molecule has 0 saturated heterocycles. The summed E-state index contributed by atoms with van der Waals surface area (Å²) in [6.07, 6.45) is 3.09. The smallest absolute Gasteiger partial charge is 0.249 e. The highest BCUT2D eigenvalue weighted by Gasteiger charge is 2.38. The fourth-order valence-electron chi connectivity index (χ4n) is 1.42. The third-order valence-electron chi connectivity index (χ3n) is 2.21. The van der Waals surface area contributed by atoms with Crippen LogP contribution in [0.25, 0.3) is 0 Å². The van der Waals surface area contributed by atoms with Crippen LogP contribution in [-0.2, 0) is 10.0 Å². The summed E-state index contributed by atoms with van der Waals surface area (Å²) >= 11 is 0. The van der Waals surface area contributed by atoms with E-state index >= 15 is 0 Å². The summed E-state index contributed by atoms with van der Waals surface area (Å²) in [4.78, 5) is 3.67. The zero-order valence-corrected chi connectivity index (χ0v) is 8.66. The minimum Gasteiger partial charge on any atom is -0.249 e. The van der Waals surface area contributed by atoms with Crippen molar-refractivity contribution in [2.45, 2.75) is 31.0 Å². The van der Waals surface area contributed by atoms with Gasteiger partial charge in [-0.15, -0.1) is 0 Å². The van der Waals surface area contributed by atoms with Crippen molar-refractivity contribution in [1.82, 2.24) is 19.5 Å². The molecule has 1 N–H and O–H groups in total. The molecule has 6 nitrogen and oxygen atoms in total. The first-order valence-corrected chi connectivity index (χ1v) is 5.97. The largest absolute Gasteiger partial charge is 0.278 e. The van der Waals surface area contributed by atoms with Crippen LogP contribution in [0.15, 0.2) is 11.5 Å². The summed E-state index contributed by atoms with van der Waals surface area (Å²) < 4.78 is 25.3. The van der Waals surface area contributed by atoms with Crippen LogP contribution in [0.5, 0.6) is 0 Å². The summed E-state index contributed by atoms with van der Waals surface area (Å²) in [7, 11) is -3.44. The van der Waals surface area contributed by atoms with Crippen LogP contribution in [0.3, 0.4) is 0 Å². The lowest BCUT2D eigenvalue weighted by Gasteiger charge is -2.17. The van der Waals surface area contributed by atoms with Crippen LogP contribution in [0.4, 0.5) is 0 Å². The molecule has 2 rings (SSSR count). The van der Waals surface area contributed by atoms with Crippen LogP contribution in [0.1, 0.15) is 19.8 Å². The number of nitrogens with zero attached hydrogens (tertiary/aromatic N) is 3. The third-order valence-corrected chi connectivity index (χ3v) is 4.07. The minimum absolute atomic E-state index is 0.0637. The van der Waals surface area contributed by atoms with Crippen molar-refractivity contribution in [3.05, 3.63) is 6.33 Å². The standard InChI is InChI=1S/C7H12N4O2S/c1-2-11(6-3-4-6)14(12,13)7-8-5-9-10-7/h5-6H,2-4H2,1H3,(H,8,9,10). The molecule has 0 radical (unpaired) electrons. The van der Waals surface area contributed by atoms with E-state index in [0.29, 0.717) is 6.54 Å². The van der Waals surface area contributed by atoms with E-state index in [1.54, 1.807) is 0 Å². The van der Waals surface area contributed by atoms with E-state index in [-0.39, 0.29) is 11.2 Å². The molecule has 7 heteroatoms. The molecular weight excluding hydrogens is 204 g/mol. The Balaban J connectivity index is 2.30. The summed E-state index contributed by atoms with van der Waals surface area (Å²) in [5.74, 6) is 0. The topological polar surface area (TPSA) is 79.0 Å². The van der Waals surface area contributed by atoms with Gasteiger partial charge < -0.3 is 0 Å². The molecule has 0 bridgehead atoms. The maximum absolute atomic E-state index is 11.9. The molecule has 0 atom stereocenters. The van der Waals surface area contributed by atoms with E-state index in [1.807, 2.05) is 6.92 Å². The minimum atomic E-state index is -3.44. The van der Waals surface area contributed by atoms with Gasteiger partial charge in [-0.2, -0.15) is 9.40 Å². The third kappa shape index (κ3) is 1.53. The van der Waals surface area contributed by atoms with Gasteiger partial charge in [0.05, 0.1) is 0 Å². The second-order valence-electron chi connectivity index (χ2n) is 3.23. The van der Waals surface area contributed by atoms with E-state index in [0.717, 1.165) is 12.8 Å². The van der Waals surface area contributed by atoms with E-state index in [9.17, 15) is 8.42 Å². The van der Waals surface area contributed by atoms with Gasteiger partial charge >= 0.3 is 0 Å². The Hall–Kier alpha value is -0.950. The Bertz CT molecular complexity index is 395. The van der Waals surface area contributed by atoms with Gasteiger partial charge in [0.2, 0.25) is 0 Å². The van der Waals surface area contributed by atoms with Gasteiger partial charge in [0.1, 0.15) is 6.33 Å². The highest BCUT2D eigenvalue weighted by molar-refractivity contribution is 7.89. The molecule has 0 amide bonds. The fraction of sp³-hybridized carbons (Fsp3) is 0.714. The molecular formula is C7H12N4O2S. The van der Waals surface area contributed by atoms with Crippen LogP contribution >= 0.6 is 0 Å². The first-order chi connectivity index (χ1) is 6.66. The first kappa shape index (κ1) is 9.60. The second kappa shape index (κ2) is 3.32. The summed E-state index contributed by atoms with van der Waals surface area (Å²) in [5, 5.41) is 5.86. The number of sulfonamides is 1. The maximum Gasteiger partial charge on any atom is 0.278 e. The molecule has 0 aliphatic heterocycles. The molecule has 78 valence electrons. The molecule has 1 fully saturated rings. The average Bonchev–Trinajstić information content (AvgIpc) is 2.82. The number of rotatable bonds is 4. The van der Waals surface area contributed by atoms with Crippen molar-refractivity contribution in [1.29, 1.82) is 0 Å². The number of aromatic amines is 1. The van der Waals surface area contributed by atoms with E-state index in [1.165, 1.54) is 10.6 Å². The normalized spacial score (nSPS) is 17.6. The molecule has 1 heterocycles. The maximum atomic E-state index is 11.9. The van der Waals surface area contributed by atoms with Crippen molar-refractivity contribution in [3.8, 4) is 0 Å². The van der Waals surface area contributed by atoms with Gasteiger partial charge in [0.15, 0.2) is 0 Å². The zero-order chi connectivity index (χ0) is 10.2. The lowest BCUT2D eigenvalue weighted by Crippen LogP contribution is -2.33. The lowest BCUT2D eigenvalue weighted by molar-refractivity contribution is 0.416. The predicted molar refractivity (Wildman–Crippen MR) is 49.0 cm³/mol. The zero-order valence-electron chi connectivity index (χ0n) is 7.84. The van der Waals surface area contributed by atoms with Gasteiger partial charge in [0.25, 0.3) is 15.2 Å². The molecule has 0 spiro atoms. The molecule has 0 aromatic carbocycles. The van der Waals surface area contributed by atoms with Crippen molar-refractivity contribution in [2.75, 3.05) is 6.54 Å². The lowest BCUT2D eigenvalue weighted by atomic mass is 10.6. The number of hydrogen-bond donors (Lipinski definition) is 1. The first-order valence-electron chi connectivity index (χ1n) is 4.53. The highest BCUT2D eigenvalue weighted by atomic mass is 32.2. The number of hydrogen-bond acceptors (Lipinski definition) is 4. The summed E-state index contributed by atoms with van der Waals surface area (Å²) in [6, 6.07) is 0.162. The van der Waals surface area contributed by atoms with Gasteiger partial charge in [-0.3, -0.25) is 0 Å². The van der Waals surface area contributed by atoms with Crippen LogP contribution in [-0.4, -0.2) is 40.5 Å². The average molecular weight is 216 g/mol. The van der Waals surface area contributed by atoms with Crippen molar-refractivity contribution in [2.24, 2.45) is 0 Å². The van der Waals surface area contributed by atoms with Gasteiger partial charge in [-0.1, -0.05) is 6.92 Å². The van der Waals surface area contributed by atoms with Crippen LogP contribution in [0.2, 0.25) is 0 Å². The molecule has 1 aliphatic carbocycles. The second-order valence-corrected chi connectivity index (χ2v) is 5.04. The van der Waals surface area contributed by atoms with Crippen LogP contribution in [0, 0.1) is 0 Å². The van der Waals surface area contributed by atoms with Crippen molar-refractivity contribution < 1.29 is 8.42 Å². The SMILES string of the molecule is CCN(C1CC1)S(=O)(=O)c1ncn[nH]1. The Morgan fingerprint density at radius 1 is 1.64 bits per heavy atom. The number of aromatic nitrogens is 3. The quantitative estimate of drug-likeness (QED) is 0.767. The fourth-order valence-corrected chi connectivity index (χ4v) is 2.93. The molecule has 0 unspecified atom stereocenters. The molecule has 1 saturated carbocycles. The van der Waals surface area contributed by atoms with Crippen LogP contribution < -0.4 is 0 Å². The van der Waals surface area contributed by atoms with Gasteiger partial charge in [0, 0.05) is 12.6 Å².